The molecular weight excluding hydrogens is 418 g/mol. The highest BCUT2D eigenvalue weighted by atomic mass is 16.5. The number of carbonyl (C=O) groups is 3. The largest absolute Gasteiger partial charge is 0.494 e. The molecule has 33 heavy (non-hydrogen) atoms. The van der Waals surface area contributed by atoms with Gasteiger partial charge in [-0.15, -0.1) is 0 Å². The van der Waals surface area contributed by atoms with E-state index in [1.807, 2.05) is 6.92 Å². The summed E-state index contributed by atoms with van der Waals surface area (Å²) >= 11 is 0. The molecule has 2 amide bonds. The molecule has 1 aliphatic heterocycles. The summed E-state index contributed by atoms with van der Waals surface area (Å²) in [5.74, 6) is 2.11. The lowest BCUT2D eigenvalue weighted by Crippen LogP contribution is -2.40. The zero-order valence-electron chi connectivity index (χ0n) is 18.3. The highest BCUT2D eigenvalue weighted by Crippen LogP contribution is 2.65. The van der Waals surface area contributed by atoms with Crippen molar-refractivity contribution in [1.82, 2.24) is 0 Å². The molecule has 1 saturated heterocycles. The van der Waals surface area contributed by atoms with Gasteiger partial charge in [-0.3, -0.25) is 19.3 Å². The Labute approximate surface area is 192 Å². The van der Waals surface area contributed by atoms with Gasteiger partial charge >= 0.3 is 0 Å². The van der Waals surface area contributed by atoms with E-state index in [1.54, 1.807) is 48.5 Å². The van der Waals surface area contributed by atoms with Gasteiger partial charge in [0.05, 0.1) is 24.1 Å². The quantitative estimate of drug-likeness (QED) is 0.369. The van der Waals surface area contributed by atoms with Gasteiger partial charge in [0, 0.05) is 5.56 Å². The molecule has 5 aliphatic rings. The van der Waals surface area contributed by atoms with Gasteiger partial charge in [0.1, 0.15) is 11.5 Å². The molecule has 6 atom stereocenters. The second-order valence-corrected chi connectivity index (χ2v) is 9.33. The zero-order valence-corrected chi connectivity index (χ0v) is 18.3. The van der Waals surface area contributed by atoms with Crippen LogP contribution in [0.3, 0.4) is 0 Å². The maximum Gasteiger partial charge on any atom is 0.238 e. The van der Waals surface area contributed by atoms with E-state index in [1.165, 1.54) is 4.90 Å². The Morgan fingerprint density at radius 2 is 1.39 bits per heavy atom. The highest BCUT2D eigenvalue weighted by molar-refractivity contribution is 6.22. The summed E-state index contributed by atoms with van der Waals surface area (Å²) in [4.78, 5) is 40.2. The van der Waals surface area contributed by atoms with Gasteiger partial charge in [0.25, 0.3) is 0 Å². The Morgan fingerprint density at radius 3 is 1.97 bits per heavy atom. The molecule has 168 valence electrons. The van der Waals surface area contributed by atoms with E-state index in [-0.39, 0.29) is 47.9 Å². The fourth-order valence-electron chi connectivity index (χ4n) is 6.04. The number of benzene rings is 2. The van der Waals surface area contributed by atoms with Crippen molar-refractivity contribution in [2.45, 2.75) is 13.3 Å². The molecule has 2 aromatic carbocycles. The Hall–Kier alpha value is -3.41. The van der Waals surface area contributed by atoms with E-state index < -0.39 is 0 Å². The molecule has 4 aliphatic carbocycles. The topological polar surface area (TPSA) is 72.9 Å². The first kappa shape index (κ1) is 20.2. The molecular formula is C27H25NO5. The summed E-state index contributed by atoms with van der Waals surface area (Å²) in [6, 6.07) is 13.8. The van der Waals surface area contributed by atoms with Gasteiger partial charge in [-0.05, 0) is 85.5 Å². The molecule has 2 bridgehead atoms. The summed E-state index contributed by atoms with van der Waals surface area (Å²) in [5.41, 5.74) is 1.12. The van der Waals surface area contributed by atoms with Crippen LogP contribution in [0.15, 0.2) is 60.7 Å². The summed E-state index contributed by atoms with van der Waals surface area (Å²) in [5, 5.41) is 0. The molecule has 0 spiro atoms. The van der Waals surface area contributed by atoms with Crippen molar-refractivity contribution >= 4 is 23.3 Å². The first-order valence-electron chi connectivity index (χ1n) is 11.6. The standard InChI is InChI=1S/C27H25NO5/c1-2-32-17-7-3-15(4-8-17)23(29)14-33-18-9-5-16(6-10-18)28-26(30)24-19-11-12-20(22-13-21(19)22)25(24)27(28)31/h3-12,19-22,24-25H,2,13-14H2,1H3/t19-,20+,21?,22?,24?,25?. The summed E-state index contributed by atoms with van der Waals surface area (Å²) in [7, 11) is 0. The number of ether oxygens (including phenoxy) is 2. The number of imide groups is 1. The maximum absolute atomic E-state index is 13.2. The van der Waals surface area contributed by atoms with E-state index in [4.69, 9.17) is 9.47 Å². The molecule has 2 aromatic rings. The number of Topliss-reactive ketones (excluding diaryl/α,β-unsaturated/α-hetero) is 1. The predicted octanol–water partition coefficient (Wildman–Crippen LogP) is 3.90. The summed E-state index contributed by atoms with van der Waals surface area (Å²) < 4.78 is 11.0. The van der Waals surface area contributed by atoms with Crippen LogP contribution in [-0.2, 0) is 9.59 Å². The van der Waals surface area contributed by atoms with Crippen LogP contribution >= 0.6 is 0 Å². The Morgan fingerprint density at radius 1 is 0.848 bits per heavy atom. The Bertz CT molecular complexity index is 1120. The zero-order chi connectivity index (χ0) is 22.7. The summed E-state index contributed by atoms with van der Waals surface area (Å²) in [6.07, 6.45) is 5.50. The number of hydrogen-bond donors (Lipinski definition) is 0. The van der Waals surface area contributed by atoms with E-state index in [0.717, 1.165) is 12.2 Å². The lowest BCUT2D eigenvalue weighted by molar-refractivity contribution is -0.124. The van der Waals surface area contributed by atoms with E-state index >= 15 is 0 Å². The van der Waals surface area contributed by atoms with Gasteiger partial charge in [-0.1, -0.05) is 12.2 Å². The van der Waals surface area contributed by atoms with Crippen molar-refractivity contribution in [1.29, 1.82) is 0 Å². The van der Waals surface area contributed by atoms with Crippen LogP contribution in [-0.4, -0.2) is 30.8 Å². The van der Waals surface area contributed by atoms with Crippen LogP contribution in [0.2, 0.25) is 0 Å². The van der Waals surface area contributed by atoms with Crippen molar-refractivity contribution in [3.05, 3.63) is 66.2 Å². The average molecular weight is 443 g/mol. The normalized spacial score (nSPS) is 30.8. The van der Waals surface area contributed by atoms with Crippen LogP contribution in [0.1, 0.15) is 23.7 Å². The van der Waals surface area contributed by atoms with Crippen molar-refractivity contribution in [3.8, 4) is 11.5 Å². The smallest absolute Gasteiger partial charge is 0.238 e. The van der Waals surface area contributed by atoms with Crippen LogP contribution in [0, 0.1) is 35.5 Å². The first-order chi connectivity index (χ1) is 16.1. The van der Waals surface area contributed by atoms with Gasteiger partial charge in [-0.2, -0.15) is 0 Å². The molecule has 3 fully saturated rings. The second-order valence-electron chi connectivity index (χ2n) is 9.33. The highest BCUT2D eigenvalue weighted by Gasteiger charge is 2.67. The maximum atomic E-state index is 13.2. The van der Waals surface area contributed by atoms with E-state index in [2.05, 4.69) is 12.2 Å². The monoisotopic (exact) mass is 443 g/mol. The molecule has 1 heterocycles. The lowest BCUT2D eigenvalue weighted by atomic mass is 9.63. The number of allylic oxidation sites excluding steroid dienone is 2. The van der Waals surface area contributed by atoms with Gasteiger partial charge in [-0.25, -0.2) is 0 Å². The average Bonchev–Trinajstić information content (AvgIpc) is 3.62. The number of hydrogen-bond acceptors (Lipinski definition) is 5. The number of nitrogens with zero attached hydrogens (tertiary/aromatic N) is 1. The van der Waals surface area contributed by atoms with Crippen LogP contribution in [0.4, 0.5) is 5.69 Å². The number of amides is 2. The third-order valence-electron chi connectivity index (χ3n) is 7.61. The van der Waals surface area contributed by atoms with Crippen molar-refractivity contribution in [3.63, 3.8) is 0 Å². The molecule has 0 aromatic heterocycles. The molecule has 6 nitrogen and oxygen atoms in total. The van der Waals surface area contributed by atoms with Crippen molar-refractivity contribution in [2.75, 3.05) is 18.1 Å². The van der Waals surface area contributed by atoms with E-state index in [0.29, 0.717) is 35.4 Å². The molecule has 4 unspecified atom stereocenters. The third kappa shape index (κ3) is 3.19. The predicted molar refractivity (Wildman–Crippen MR) is 121 cm³/mol. The number of anilines is 1. The summed E-state index contributed by atoms with van der Waals surface area (Å²) in [6.45, 7) is 2.38. The van der Waals surface area contributed by atoms with E-state index in [9.17, 15) is 14.4 Å². The molecule has 0 radical (unpaired) electrons. The Balaban J connectivity index is 1.12. The Kier molecular flexibility index (Phi) is 4.64. The number of carbonyl (C=O) groups excluding carboxylic acids is 3. The van der Waals surface area contributed by atoms with Gasteiger partial charge in [0.2, 0.25) is 11.8 Å². The third-order valence-corrected chi connectivity index (χ3v) is 7.61. The van der Waals surface area contributed by atoms with Crippen LogP contribution in [0.25, 0.3) is 0 Å². The molecule has 7 rings (SSSR count). The van der Waals surface area contributed by atoms with Crippen molar-refractivity contribution in [2.24, 2.45) is 35.5 Å². The molecule has 0 N–H and O–H groups in total. The first-order valence-corrected chi connectivity index (χ1v) is 11.6. The SMILES string of the molecule is CCOc1ccc(C(=O)COc2ccc(N3C(=O)C4C(C3=O)[C@H]3C=C[C@@H]4C4CC43)cc2)cc1. The minimum Gasteiger partial charge on any atom is -0.494 e. The van der Waals surface area contributed by atoms with Gasteiger partial charge < -0.3 is 9.47 Å². The molecule has 2 saturated carbocycles. The van der Waals surface area contributed by atoms with Crippen molar-refractivity contribution < 1.29 is 23.9 Å². The second kappa shape index (κ2) is 7.58. The van der Waals surface area contributed by atoms with Crippen LogP contribution in [0.5, 0.6) is 11.5 Å². The van der Waals surface area contributed by atoms with Crippen LogP contribution < -0.4 is 14.4 Å². The lowest BCUT2D eigenvalue weighted by Gasteiger charge is -2.37. The van der Waals surface area contributed by atoms with Gasteiger partial charge in [0.15, 0.2) is 12.4 Å². The minimum atomic E-state index is -0.209. The fourth-order valence-corrected chi connectivity index (χ4v) is 6.04. The number of ketones is 1. The molecule has 6 heteroatoms. The minimum absolute atomic E-state index is 0.0750. The number of rotatable bonds is 7. The fraction of sp³-hybridized carbons (Fsp3) is 0.370.